The first kappa shape index (κ1) is 13.0. The number of aromatic carboxylic acids is 1. The van der Waals surface area contributed by atoms with Crippen molar-refractivity contribution in [3.05, 3.63) is 33.9 Å². The molecule has 1 rings (SSSR count). The lowest BCUT2D eigenvalue weighted by molar-refractivity contribution is -0.384. The molecule has 0 aromatic heterocycles. The highest BCUT2D eigenvalue weighted by molar-refractivity contribution is 5.95. The number of carbonyl (C=O) groups is 1. The number of hydrogen-bond donors (Lipinski definition) is 2. The summed E-state index contributed by atoms with van der Waals surface area (Å²) in [6, 6.07) is 3.79. The third kappa shape index (κ3) is 3.44. The van der Waals surface area contributed by atoms with E-state index in [0.717, 1.165) is 18.9 Å². The summed E-state index contributed by atoms with van der Waals surface area (Å²) in [5.41, 5.74) is 0.121. The second-order valence-corrected chi connectivity index (χ2v) is 3.57. The number of nitrogens with one attached hydrogen (secondary N) is 1. The SMILES string of the molecule is CCCCNc1ccc([N+](=O)[O-])cc1C(=O)O. The van der Waals surface area contributed by atoms with Gasteiger partial charge in [-0.2, -0.15) is 0 Å². The van der Waals surface area contributed by atoms with E-state index in [1.165, 1.54) is 12.1 Å². The number of non-ortho nitro benzene ring substituents is 1. The van der Waals surface area contributed by atoms with Crippen LogP contribution < -0.4 is 5.32 Å². The molecule has 0 saturated carbocycles. The highest BCUT2D eigenvalue weighted by Gasteiger charge is 2.15. The summed E-state index contributed by atoms with van der Waals surface area (Å²) in [5, 5.41) is 22.5. The molecule has 0 fully saturated rings. The molecule has 0 heterocycles. The van der Waals surface area contributed by atoms with Crippen LogP contribution in [0.3, 0.4) is 0 Å². The van der Waals surface area contributed by atoms with Gasteiger partial charge in [-0.15, -0.1) is 0 Å². The Labute approximate surface area is 98.4 Å². The summed E-state index contributed by atoms with van der Waals surface area (Å²) in [6.45, 7) is 2.67. The van der Waals surface area contributed by atoms with Crippen LogP contribution in [0, 0.1) is 10.1 Å². The number of rotatable bonds is 6. The first-order valence-corrected chi connectivity index (χ1v) is 5.32. The van der Waals surface area contributed by atoms with Gasteiger partial charge in [-0.3, -0.25) is 10.1 Å². The van der Waals surface area contributed by atoms with Gasteiger partial charge in [-0.25, -0.2) is 4.79 Å². The Morgan fingerprint density at radius 3 is 2.76 bits per heavy atom. The summed E-state index contributed by atoms with van der Waals surface area (Å²) in [5.74, 6) is -1.17. The van der Waals surface area contributed by atoms with E-state index < -0.39 is 10.9 Å². The predicted molar refractivity (Wildman–Crippen MR) is 63.5 cm³/mol. The number of nitro benzene ring substituents is 1. The fourth-order valence-electron chi connectivity index (χ4n) is 1.38. The molecular formula is C11H14N2O4. The molecule has 0 saturated heterocycles. The molecule has 2 N–H and O–H groups in total. The number of hydrogen-bond acceptors (Lipinski definition) is 4. The van der Waals surface area contributed by atoms with Crippen LogP contribution in [0.4, 0.5) is 11.4 Å². The minimum atomic E-state index is -1.17. The Bertz CT molecular complexity index is 431. The molecule has 6 nitrogen and oxygen atoms in total. The van der Waals surface area contributed by atoms with Crippen molar-refractivity contribution in [1.29, 1.82) is 0 Å². The van der Waals surface area contributed by atoms with Crippen LogP contribution in [-0.4, -0.2) is 22.5 Å². The molecule has 6 heteroatoms. The van der Waals surface area contributed by atoms with Crippen molar-refractivity contribution >= 4 is 17.3 Å². The van der Waals surface area contributed by atoms with Crippen LogP contribution in [0.1, 0.15) is 30.1 Å². The minimum Gasteiger partial charge on any atom is -0.478 e. The van der Waals surface area contributed by atoms with Crippen molar-refractivity contribution in [1.82, 2.24) is 0 Å². The third-order valence-corrected chi connectivity index (χ3v) is 2.29. The van der Waals surface area contributed by atoms with E-state index in [0.29, 0.717) is 12.2 Å². The lowest BCUT2D eigenvalue weighted by Crippen LogP contribution is -2.08. The zero-order chi connectivity index (χ0) is 12.8. The maximum absolute atomic E-state index is 11.0. The van der Waals surface area contributed by atoms with Gasteiger partial charge in [0.2, 0.25) is 0 Å². The number of nitro groups is 1. The fourth-order valence-corrected chi connectivity index (χ4v) is 1.38. The van der Waals surface area contributed by atoms with Crippen molar-refractivity contribution in [3.8, 4) is 0 Å². The largest absolute Gasteiger partial charge is 0.478 e. The van der Waals surface area contributed by atoms with Crippen molar-refractivity contribution in [2.45, 2.75) is 19.8 Å². The molecule has 92 valence electrons. The Hall–Kier alpha value is -2.11. The van der Waals surface area contributed by atoms with Crippen LogP contribution in [-0.2, 0) is 0 Å². The summed E-state index contributed by atoms with van der Waals surface area (Å²) in [4.78, 5) is 20.9. The molecule has 0 atom stereocenters. The number of benzene rings is 1. The summed E-state index contributed by atoms with van der Waals surface area (Å²) in [7, 11) is 0. The molecule has 0 amide bonds. The van der Waals surface area contributed by atoms with Crippen LogP contribution in [0.2, 0.25) is 0 Å². The van der Waals surface area contributed by atoms with Gasteiger partial charge in [0.15, 0.2) is 0 Å². The zero-order valence-corrected chi connectivity index (χ0v) is 9.47. The van der Waals surface area contributed by atoms with Crippen molar-refractivity contribution < 1.29 is 14.8 Å². The number of carboxylic acids is 1. The normalized spacial score (nSPS) is 9.94. The quantitative estimate of drug-likeness (QED) is 0.451. The van der Waals surface area contributed by atoms with Gasteiger partial charge in [0.1, 0.15) is 0 Å². The molecule has 1 aromatic carbocycles. The number of anilines is 1. The van der Waals surface area contributed by atoms with Gasteiger partial charge in [-0.05, 0) is 12.5 Å². The van der Waals surface area contributed by atoms with Crippen LogP contribution >= 0.6 is 0 Å². The van der Waals surface area contributed by atoms with E-state index in [9.17, 15) is 14.9 Å². The first-order chi connectivity index (χ1) is 8.06. The molecule has 0 spiro atoms. The second-order valence-electron chi connectivity index (χ2n) is 3.57. The van der Waals surface area contributed by atoms with Crippen LogP contribution in [0.5, 0.6) is 0 Å². The minimum absolute atomic E-state index is 0.0738. The van der Waals surface area contributed by atoms with E-state index in [4.69, 9.17) is 5.11 Å². The monoisotopic (exact) mass is 238 g/mol. The fraction of sp³-hybridized carbons (Fsp3) is 0.364. The Balaban J connectivity index is 2.96. The van der Waals surface area contributed by atoms with Gasteiger partial charge in [-0.1, -0.05) is 13.3 Å². The topological polar surface area (TPSA) is 92.5 Å². The Kier molecular flexibility index (Phi) is 4.45. The van der Waals surface area contributed by atoms with E-state index in [2.05, 4.69) is 5.32 Å². The van der Waals surface area contributed by atoms with Crippen molar-refractivity contribution in [2.75, 3.05) is 11.9 Å². The van der Waals surface area contributed by atoms with Gasteiger partial charge in [0.25, 0.3) is 5.69 Å². The summed E-state index contributed by atoms with van der Waals surface area (Å²) in [6.07, 6.45) is 1.90. The second kappa shape index (κ2) is 5.83. The summed E-state index contributed by atoms with van der Waals surface area (Å²) < 4.78 is 0. The third-order valence-electron chi connectivity index (χ3n) is 2.29. The highest BCUT2D eigenvalue weighted by atomic mass is 16.6. The molecule has 17 heavy (non-hydrogen) atoms. The Morgan fingerprint density at radius 2 is 2.24 bits per heavy atom. The molecular weight excluding hydrogens is 224 g/mol. The van der Waals surface area contributed by atoms with Gasteiger partial charge < -0.3 is 10.4 Å². The molecule has 0 unspecified atom stereocenters. The predicted octanol–water partition coefficient (Wildman–Crippen LogP) is 2.50. The van der Waals surface area contributed by atoms with Gasteiger partial charge >= 0.3 is 5.97 Å². The standard InChI is InChI=1S/C11H14N2O4/c1-2-3-6-12-10-5-4-8(13(16)17)7-9(10)11(14)15/h4-5,7,12H,2-3,6H2,1H3,(H,14,15). The van der Waals surface area contributed by atoms with E-state index in [1.807, 2.05) is 6.92 Å². The Morgan fingerprint density at radius 1 is 1.53 bits per heavy atom. The number of carboxylic acid groups (broad SMARTS) is 1. The maximum Gasteiger partial charge on any atom is 0.338 e. The van der Waals surface area contributed by atoms with Crippen molar-refractivity contribution in [2.24, 2.45) is 0 Å². The lowest BCUT2D eigenvalue weighted by Gasteiger charge is -2.08. The molecule has 1 aromatic rings. The van der Waals surface area contributed by atoms with Crippen LogP contribution in [0.15, 0.2) is 18.2 Å². The zero-order valence-electron chi connectivity index (χ0n) is 9.47. The molecule has 0 bridgehead atoms. The first-order valence-electron chi connectivity index (χ1n) is 5.32. The maximum atomic E-state index is 11.0. The van der Waals surface area contributed by atoms with Crippen molar-refractivity contribution in [3.63, 3.8) is 0 Å². The van der Waals surface area contributed by atoms with E-state index in [1.54, 1.807) is 0 Å². The molecule has 0 aliphatic heterocycles. The highest BCUT2D eigenvalue weighted by Crippen LogP contribution is 2.22. The summed E-state index contributed by atoms with van der Waals surface area (Å²) >= 11 is 0. The smallest absolute Gasteiger partial charge is 0.338 e. The van der Waals surface area contributed by atoms with E-state index in [-0.39, 0.29) is 11.3 Å². The average molecular weight is 238 g/mol. The number of nitrogens with zero attached hydrogens (tertiary/aromatic N) is 1. The van der Waals surface area contributed by atoms with E-state index >= 15 is 0 Å². The number of unbranched alkanes of at least 4 members (excludes halogenated alkanes) is 1. The van der Waals surface area contributed by atoms with Crippen LogP contribution in [0.25, 0.3) is 0 Å². The molecule has 0 radical (unpaired) electrons. The molecule has 0 aliphatic rings. The van der Waals surface area contributed by atoms with Gasteiger partial charge in [0.05, 0.1) is 10.5 Å². The van der Waals surface area contributed by atoms with Gasteiger partial charge in [0, 0.05) is 24.4 Å². The molecule has 0 aliphatic carbocycles. The average Bonchev–Trinajstić information content (AvgIpc) is 2.29. The lowest BCUT2D eigenvalue weighted by atomic mass is 10.1.